The lowest BCUT2D eigenvalue weighted by atomic mass is 9.87. The van der Waals surface area contributed by atoms with E-state index in [4.69, 9.17) is 4.74 Å². The Morgan fingerprint density at radius 2 is 1.75 bits per heavy atom. The number of anilines is 1. The molecule has 0 bridgehead atoms. The fraction of sp³-hybridized carbons (Fsp3) is 0.320. The van der Waals surface area contributed by atoms with Crippen LogP contribution in [-0.2, 0) is 4.74 Å². The Kier molecular flexibility index (Phi) is 5.38. The van der Waals surface area contributed by atoms with Crippen molar-refractivity contribution in [2.75, 3.05) is 4.90 Å². The molecule has 36 heavy (non-hydrogen) atoms. The molecule has 4 aromatic rings. The van der Waals surface area contributed by atoms with Crippen LogP contribution in [0.1, 0.15) is 55.8 Å². The van der Waals surface area contributed by atoms with E-state index in [-0.39, 0.29) is 11.1 Å². The first-order valence-electron chi connectivity index (χ1n) is 11.3. The number of carbonyl (C=O) groups excluding carboxylic acids is 1. The molecule has 2 unspecified atom stereocenters. The summed E-state index contributed by atoms with van der Waals surface area (Å²) in [6, 6.07) is 6.20. The van der Waals surface area contributed by atoms with E-state index < -0.39 is 41.0 Å². The average Bonchev–Trinajstić information content (AvgIpc) is 3.12. The smallest absolute Gasteiger partial charge is 0.415 e. The molecule has 0 aliphatic carbocycles. The minimum absolute atomic E-state index is 0.0283. The summed E-state index contributed by atoms with van der Waals surface area (Å²) in [5.74, 6) is -0.156. The zero-order chi connectivity index (χ0) is 25.9. The van der Waals surface area contributed by atoms with Gasteiger partial charge >= 0.3 is 6.09 Å². The van der Waals surface area contributed by atoms with Gasteiger partial charge in [-0.15, -0.1) is 0 Å². The highest BCUT2D eigenvalue weighted by Crippen LogP contribution is 2.49. The molecule has 1 amide bonds. The van der Waals surface area contributed by atoms with Crippen molar-refractivity contribution in [2.24, 2.45) is 0 Å². The third-order valence-corrected chi connectivity index (χ3v) is 5.95. The summed E-state index contributed by atoms with van der Waals surface area (Å²) in [5, 5.41) is 11.6. The predicted molar refractivity (Wildman–Crippen MR) is 128 cm³/mol. The molecule has 5 rings (SSSR count). The highest BCUT2D eigenvalue weighted by molar-refractivity contribution is 6.05. The van der Waals surface area contributed by atoms with Gasteiger partial charge in [-0.05, 0) is 64.4 Å². The van der Waals surface area contributed by atoms with E-state index in [0.29, 0.717) is 28.3 Å². The van der Waals surface area contributed by atoms with Crippen LogP contribution in [0.5, 0.6) is 0 Å². The zero-order valence-electron chi connectivity index (χ0n) is 20.3. The van der Waals surface area contributed by atoms with Gasteiger partial charge in [0.25, 0.3) is 5.56 Å². The van der Waals surface area contributed by atoms with Crippen molar-refractivity contribution >= 4 is 22.6 Å². The summed E-state index contributed by atoms with van der Waals surface area (Å²) >= 11 is 0. The summed E-state index contributed by atoms with van der Waals surface area (Å²) in [6.45, 7) is 8.62. The molecule has 0 saturated heterocycles. The number of ether oxygens (including phenoxy) is 1. The van der Waals surface area contributed by atoms with Gasteiger partial charge in [0, 0.05) is 5.39 Å². The molecule has 2 aromatic carbocycles. The number of nitrogens with one attached hydrogen (secondary N) is 1. The molecule has 11 heteroatoms. The molecule has 1 N–H and O–H groups in total. The minimum atomic E-state index is -0.892. The molecule has 0 spiro atoms. The van der Waals surface area contributed by atoms with Gasteiger partial charge < -0.3 is 4.74 Å². The van der Waals surface area contributed by atoms with Crippen LogP contribution in [0.3, 0.4) is 0 Å². The molecule has 3 heterocycles. The van der Waals surface area contributed by atoms with Crippen LogP contribution >= 0.6 is 0 Å². The van der Waals surface area contributed by atoms with Gasteiger partial charge in [-0.3, -0.25) is 9.69 Å². The van der Waals surface area contributed by atoms with Gasteiger partial charge in [-0.1, -0.05) is 12.1 Å². The number of aryl methyl sites for hydroxylation is 2. The molecule has 9 nitrogen and oxygen atoms in total. The number of amides is 1. The van der Waals surface area contributed by atoms with E-state index in [1.807, 2.05) is 0 Å². The van der Waals surface area contributed by atoms with Crippen molar-refractivity contribution in [3.05, 3.63) is 81.3 Å². The maximum absolute atomic E-state index is 14.8. The summed E-state index contributed by atoms with van der Waals surface area (Å²) in [4.78, 5) is 32.1. The second-order valence-electron chi connectivity index (χ2n) is 9.73. The van der Waals surface area contributed by atoms with Crippen molar-refractivity contribution in [3.63, 3.8) is 0 Å². The van der Waals surface area contributed by atoms with E-state index in [2.05, 4.69) is 20.3 Å². The molecule has 2 aromatic heterocycles. The van der Waals surface area contributed by atoms with Crippen molar-refractivity contribution in [1.29, 1.82) is 0 Å². The Morgan fingerprint density at radius 1 is 1.06 bits per heavy atom. The monoisotopic (exact) mass is 494 g/mol. The number of carbonyl (C=O) groups is 1. The Balaban J connectivity index is 1.90. The van der Waals surface area contributed by atoms with E-state index in [0.717, 1.165) is 6.07 Å². The van der Waals surface area contributed by atoms with Crippen molar-refractivity contribution < 1.29 is 18.3 Å². The number of benzene rings is 2. The molecule has 0 saturated carbocycles. The Bertz CT molecular complexity index is 1560. The molecule has 2 atom stereocenters. The first kappa shape index (κ1) is 23.6. The number of H-pyrrole nitrogens is 1. The average molecular weight is 495 g/mol. The SMILES string of the molecule is Cc1nc(C)n(C2c3n[nH]c(=O)c4cc(F)cc(c34)N(C(=O)OC(C)(C)C)C2c2ccc(F)cc2)n1. The number of halogens is 2. The third kappa shape index (κ3) is 3.90. The number of rotatable bonds is 2. The normalized spacial score (nSPS) is 17.5. The second-order valence-corrected chi connectivity index (χ2v) is 9.73. The van der Waals surface area contributed by atoms with E-state index in [9.17, 15) is 18.4 Å². The number of nitrogens with zero attached hydrogens (tertiary/aromatic N) is 5. The first-order valence-corrected chi connectivity index (χ1v) is 11.3. The van der Waals surface area contributed by atoms with Gasteiger partial charge in [-0.25, -0.2) is 28.3 Å². The highest BCUT2D eigenvalue weighted by atomic mass is 19.1. The predicted octanol–water partition coefficient (Wildman–Crippen LogP) is 4.50. The molecule has 1 aliphatic heterocycles. The fourth-order valence-electron chi connectivity index (χ4n) is 4.68. The Labute approximate surface area is 204 Å². The number of hydrogen-bond acceptors (Lipinski definition) is 6. The maximum Gasteiger partial charge on any atom is 0.415 e. The minimum Gasteiger partial charge on any atom is -0.443 e. The first-order chi connectivity index (χ1) is 16.9. The van der Waals surface area contributed by atoms with Crippen molar-refractivity contribution in [2.45, 2.75) is 52.3 Å². The summed E-state index contributed by atoms with van der Waals surface area (Å²) in [5.41, 5.74) is -0.478. The largest absolute Gasteiger partial charge is 0.443 e. The van der Waals surface area contributed by atoms with Crippen LogP contribution in [0, 0.1) is 25.5 Å². The standard InChI is InChI=1S/C25H24F2N6O3/c1-12-28-13(2)33(31-12)22-20-19-17(23(34)30-29-20)10-16(27)11-18(19)32(24(35)36-25(3,4)5)21(22)14-6-8-15(26)9-7-14/h6-11,21-22H,1-5H3,(H,30,34). The van der Waals surface area contributed by atoms with Crippen LogP contribution in [0.25, 0.3) is 10.8 Å². The quantitative estimate of drug-likeness (QED) is 0.440. The van der Waals surface area contributed by atoms with Crippen LogP contribution < -0.4 is 10.5 Å². The highest BCUT2D eigenvalue weighted by Gasteiger charge is 2.45. The molecule has 0 radical (unpaired) electrons. The number of aromatic nitrogens is 5. The summed E-state index contributed by atoms with van der Waals surface area (Å²) in [7, 11) is 0. The lowest BCUT2D eigenvalue weighted by molar-refractivity contribution is 0.0554. The summed E-state index contributed by atoms with van der Waals surface area (Å²) in [6.07, 6.45) is -0.769. The van der Waals surface area contributed by atoms with Gasteiger partial charge in [0.1, 0.15) is 34.9 Å². The van der Waals surface area contributed by atoms with Crippen LogP contribution in [-0.4, -0.2) is 36.7 Å². The van der Waals surface area contributed by atoms with Crippen LogP contribution in [0.4, 0.5) is 19.3 Å². The molecule has 0 fully saturated rings. The van der Waals surface area contributed by atoms with Gasteiger partial charge in [0.15, 0.2) is 0 Å². The van der Waals surface area contributed by atoms with Gasteiger partial charge in [0.05, 0.1) is 22.8 Å². The number of aromatic amines is 1. The molecule has 186 valence electrons. The van der Waals surface area contributed by atoms with Crippen molar-refractivity contribution in [1.82, 2.24) is 25.0 Å². The third-order valence-electron chi connectivity index (χ3n) is 5.95. The van der Waals surface area contributed by atoms with Crippen molar-refractivity contribution in [3.8, 4) is 0 Å². The van der Waals surface area contributed by atoms with Gasteiger partial charge in [0.2, 0.25) is 0 Å². The number of hydrogen-bond donors (Lipinski definition) is 1. The van der Waals surface area contributed by atoms with E-state index in [1.54, 1.807) is 39.3 Å². The summed E-state index contributed by atoms with van der Waals surface area (Å²) < 4.78 is 36.1. The lowest BCUT2D eigenvalue weighted by Crippen LogP contribution is -2.46. The molecular weight excluding hydrogens is 470 g/mol. The van der Waals surface area contributed by atoms with Crippen LogP contribution in [0.2, 0.25) is 0 Å². The van der Waals surface area contributed by atoms with E-state index >= 15 is 0 Å². The second kappa shape index (κ2) is 8.21. The van der Waals surface area contributed by atoms with Gasteiger partial charge in [-0.2, -0.15) is 10.2 Å². The molecule has 1 aliphatic rings. The van der Waals surface area contributed by atoms with E-state index in [1.165, 1.54) is 35.2 Å². The molecular formula is C25H24F2N6O3. The fourth-order valence-corrected chi connectivity index (χ4v) is 4.68. The zero-order valence-corrected chi connectivity index (χ0v) is 20.3. The van der Waals surface area contributed by atoms with Crippen LogP contribution in [0.15, 0.2) is 41.2 Å². The Morgan fingerprint density at radius 3 is 2.36 bits per heavy atom. The lowest BCUT2D eigenvalue weighted by Gasteiger charge is -2.42. The maximum atomic E-state index is 14.8. The topological polar surface area (TPSA) is 106 Å². The Hall–Kier alpha value is -4.15.